The number of nitrogens with one attached hydrogen (secondary N) is 2. The molecule has 0 aliphatic heterocycles. The molecule has 2 amide bonds. The Bertz CT molecular complexity index is 743. The second-order valence-corrected chi connectivity index (χ2v) is 6.49. The van der Waals surface area contributed by atoms with Crippen LogP contribution in [0, 0.1) is 0 Å². The highest BCUT2D eigenvalue weighted by atomic mass is 16.2. The lowest BCUT2D eigenvalue weighted by Crippen LogP contribution is -2.43. The summed E-state index contributed by atoms with van der Waals surface area (Å²) < 4.78 is 0. The Hall–Kier alpha value is -2.92. The Morgan fingerprint density at radius 2 is 1.59 bits per heavy atom. The second kappa shape index (κ2) is 10.9. The van der Waals surface area contributed by atoms with Crippen LogP contribution in [-0.2, 0) is 22.6 Å². The lowest BCUT2D eigenvalue weighted by atomic mass is 10.0. The predicted octanol–water partition coefficient (Wildman–Crippen LogP) is 2.32. The van der Waals surface area contributed by atoms with E-state index in [1.165, 1.54) is 11.6 Å². The first-order valence-corrected chi connectivity index (χ1v) is 9.14. The quantitative estimate of drug-likeness (QED) is 0.596. The lowest BCUT2D eigenvalue weighted by molar-refractivity contribution is -0.122. The zero-order valence-electron chi connectivity index (χ0n) is 15.6. The minimum atomic E-state index is -0.593. The van der Waals surface area contributed by atoms with Gasteiger partial charge >= 0.3 is 0 Å². The fraction of sp³-hybridized carbons (Fsp3) is 0.273. The summed E-state index contributed by atoms with van der Waals surface area (Å²) in [6, 6.07) is 18.9. The number of rotatable bonds is 9. The summed E-state index contributed by atoms with van der Waals surface area (Å²) in [5, 5.41) is 5.73. The van der Waals surface area contributed by atoms with Crippen LogP contribution in [0.1, 0.15) is 24.5 Å². The molecule has 27 heavy (non-hydrogen) atoms. The molecule has 0 aliphatic rings. The van der Waals surface area contributed by atoms with Gasteiger partial charge in [0.05, 0.1) is 6.04 Å². The largest absolute Gasteiger partial charge is 0.349 e. The van der Waals surface area contributed by atoms with Gasteiger partial charge in [0.25, 0.3) is 0 Å². The van der Waals surface area contributed by atoms with Gasteiger partial charge in [-0.2, -0.15) is 0 Å². The third kappa shape index (κ3) is 7.88. The Labute approximate surface area is 160 Å². The maximum Gasteiger partial charge on any atom is 0.244 e. The maximum absolute atomic E-state index is 12.1. The van der Waals surface area contributed by atoms with Crippen LogP contribution in [0.4, 0.5) is 0 Å². The second-order valence-electron chi connectivity index (χ2n) is 6.49. The molecule has 0 spiro atoms. The lowest BCUT2D eigenvalue weighted by Gasteiger charge is -2.17. The first-order chi connectivity index (χ1) is 13.0. The van der Waals surface area contributed by atoms with Crippen molar-refractivity contribution in [2.75, 3.05) is 0 Å². The van der Waals surface area contributed by atoms with Crippen LogP contribution in [-0.4, -0.2) is 23.9 Å². The molecule has 142 valence electrons. The van der Waals surface area contributed by atoms with Crippen molar-refractivity contribution in [2.45, 2.75) is 38.4 Å². The molecule has 0 aromatic heterocycles. The van der Waals surface area contributed by atoms with Crippen molar-refractivity contribution < 1.29 is 9.59 Å². The molecule has 0 aliphatic carbocycles. The topological polar surface area (TPSA) is 84.2 Å². The van der Waals surface area contributed by atoms with Crippen LogP contribution in [0.2, 0.25) is 0 Å². The van der Waals surface area contributed by atoms with Crippen molar-refractivity contribution in [1.29, 1.82) is 0 Å². The molecular weight excluding hydrogens is 338 g/mol. The molecule has 4 N–H and O–H groups in total. The summed E-state index contributed by atoms with van der Waals surface area (Å²) >= 11 is 0. The van der Waals surface area contributed by atoms with E-state index in [1.807, 2.05) is 60.7 Å². The van der Waals surface area contributed by atoms with E-state index in [2.05, 4.69) is 10.6 Å². The molecule has 5 nitrogen and oxygen atoms in total. The van der Waals surface area contributed by atoms with E-state index in [1.54, 1.807) is 13.0 Å². The highest BCUT2D eigenvalue weighted by molar-refractivity contribution is 5.87. The van der Waals surface area contributed by atoms with Gasteiger partial charge in [-0.1, -0.05) is 66.7 Å². The minimum Gasteiger partial charge on any atom is -0.349 e. The van der Waals surface area contributed by atoms with E-state index >= 15 is 0 Å². The van der Waals surface area contributed by atoms with Gasteiger partial charge < -0.3 is 16.4 Å². The van der Waals surface area contributed by atoms with Crippen molar-refractivity contribution >= 4 is 11.8 Å². The van der Waals surface area contributed by atoms with E-state index in [0.29, 0.717) is 13.0 Å². The Morgan fingerprint density at radius 3 is 2.19 bits per heavy atom. The van der Waals surface area contributed by atoms with Gasteiger partial charge in [0.2, 0.25) is 11.8 Å². The molecule has 0 bridgehead atoms. The number of hydrogen-bond donors (Lipinski definition) is 3. The first kappa shape index (κ1) is 20.4. The van der Waals surface area contributed by atoms with Gasteiger partial charge in [0, 0.05) is 18.7 Å². The van der Waals surface area contributed by atoms with Gasteiger partial charge in [-0.25, -0.2) is 0 Å². The van der Waals surface area contributed by atoms with E-state index in [4.69, 9.17) is 5.73 Å². The van der Waals surface area contributed by atoms with Crippen LogP contribution >= 0.6 is 0 Å². The van der Waals surface area contributed by atoms with Crippen molar-refractivity contribution in [3.63, 3.8) is 0 Å². The number of carbonyl (C=O) groups is 2. The molecule has 0 saturated carbocycles. The molecule has 0 saturated heterocycles. The standard InChI is InChI=1S/C22H27N3O2/c1-17(23)22(27)25-20(13-12-18-8-4-2-5-9-18)14-15-21(26)24-16-19-10-6-3-7-11-19/h2-11,14-15,17,20H,12-13,16,23H2,1H3,(H,24,26)(H,25,27)/b15-14+/t17-,20-/m0/s1. The van der Waals surface area contributed by atoms with Crippen molar-refractivity contribution in [3.05, 3.63) is 83.9 Å². The predicted molar refractivity (Wildman–Crippen MR) is 108 cm³/mol. The van der Waals surface area contributed by atoms with E-state index in [0.717, 1.165) is 12.0 Å². The SMILES string of the molecule is C[C@H](N)C(=O)N[C@H](/C=C/C(=O)NCc1ccccc1)CCc1ccccc1. The summed E-state index contributed by atoms with van der Waals surface area (Å²) in [5.74, 6) is -0.430. The molecule has 2 aromatic carbocycles. The number of benzene rings is 2. The van der Waals surface area contributed by atoms with E-state index < -0.39 is 6.04 Å². The van der Waals surface area contributed by atoms with Gasteiger partial charge in [-0.15, -0.1) is 0 Å². The molecule has 0 fully saturated rings. The van der Waals surface area contributed by atoms with Gasteiger partial charge in [0.1, 0.15) is 0 Å². The zero-order chi connectivity index (χ0) is 19.5. The average molecular weight is 365 g/mol. The summed E-state index contributed by atoms with van der Waals surface area (Å²) in [7, 11) is 0. The number of hydrogen-bond acceptors (Lipinski definition) is 3. The number of carbonyl (C=O) groups excluding carboxylic acids is 2. The Morgan fingerprint density at radius 1 is 1.00 bits per heavy atom. The fourth-order valence-electron chi connectivity index (χ4n) is 2.55. The molecule has 2 rings (SSSR count). The Balaban J connectivity index is 1.91. The molecular formula is C22H27N3O2. The maximum atomic E-state index is 12.1. The fourth-order valence-corrected chi connectivity index (χ4v) is 2.55. The Kier molecular flexibility index (Phi) is 8.26. The number of aryl methyl sites for hydroxylation is 1. The van der Waals surface area contributed by atoms with Gasteiger partial charge in [-0.3, -0.25) is 9.59 Å². The normalized spacial score (nSPS) is 13.1. The molecule has 5 heteroatoms. The van der Waals surface area contributed by atoms with Crippen LogP contribution < -0.4 is 16.4 Å². The van der Waals surface area contributed by atoms with Crippen molar-refractivity contribution in [3.8, 4) is 0 Å². The zero-order valence-corrected chi connectivity index (χ0v) is 15.6. The average Bonchev–Trinajstić information content (AvgIpc) is 2.69. The number of nitrogens with two attached hydrogens (primary N) is 1. The summed E-state index contributed by atoms with van der Waals surface area (Å²) in [6.07, 6.45) is 4.68. The number of amides is 2. The summed E-state index contributed by atoms with van der Waals surface area (Å²) in [5.41, 5.74) is 7.86. The molecule has 0 radical (unpaired) electrons. The van der Waals surface area contributed by atoms with Gasteiger partial charge in [-0.05, 0) is 30.9 Å². The molecule has 0 unspecified atom stereocenters. The van der Waals surface area contributed by atoms with Gasteiger partial charge in [0.15, 0.2) is 0 Å². The third-order valence-corrected chi connectivity index (χ3v) is 4.12. The smallest absolute Gasteiger partial charge is 0.244 e. The van der Waals surface area contributed by atoms with Crippen molar-refractivity contribution in [2.24, 2.45) is 5.73 Å². The minimum absolute atomic E-state index is 0.196. The molecule has 2 atom stereocenters. The monoisotopic (exact) mass is 365 g/mol. The van der Waals surface area contributed by atoms with Crippen LogP contribution in [0.15, 0.2) is 72.8 Å². The van der Waals surface area contributed by atoms with Crippen LogP contribution in [0.3, 0.4) is 0 Å². The summed E-state index contributed by atoms with van der Waals surface area (Å²) in [4.78, 5) is 24.0. The third-order valence-electron chi connectivity index (χ3n) is 4.12. The summed E-state index contributed by atoms with van der Waals surface area (Å²) in [6.45, 7) is 2.10. The molecule has 2 aromatic rings. The van der Waals surface area contributed by atoms with E-state index in [9.17, 15) is 9.59 Å². The van der Waals surface area contributed by atoms with Crippen LogP contribution in [0.25, 0.3) is 0 Å². The highest BCUT2D eigenvalue weighted by Gasteiger charge is 2.13. The molecule has 0 heterocycles. The first-order valence-electron chi connectivity index (χ1n) is 9.14. The van der Waals surface area contributed by atoms with Crippen LogP contribution in [0.5, 0.6) is 0 Å². The van der Waals surface area contributed by atoms with E-state index in [-0.39, 0.29) is 17.9 Å². The highest BCUT2D eigenvalue weighted by Crippen LogP contribution is 2.06. The van der Waals surface area contributed by atoms with Crippen molar-refractivity contribution in [1.82, 2.24) is 10.6 Å².